The van der Waals surface area contributed by atoms with E-state index in [2.05, 4.69) is 10.2 Å². The van der Waals surface area contributed by atoms with Gasteiger partial charge in [-0.15, -0.1) is 0 Å². The summed E-state index contributed by atoms with van der Waals surface area (Å²) < 4.78 is 16.8. The van der Waals surface area contributed by atoms with Gasteiger partial charge in [0.25, 0.3) is 0 Å². The van der Waals surface area contributed by atoms with Crippen molar-refractivity contribution in [2.75, 3.05) is 33.9 Å². The smallest absolute Gasteiger partial charge is 0.227 e. The van der Waals surface area contributed by atoms with Crippen molar-refractivity contribution in [3.8, 4) is 11.5 Å². The van der Waals surface area contributed by atoms with Crippen molar-refractivity contribution in [2.45, 2.75) is 31.3 Å². The van der Waals surface area contributed by atoms with Gasteiger partial charge in [0, 0.05) is 18.7 Å². The van der Waals surface area contributed by atoms with Crippen LogP contribution in [0.15, 0.2) is 24.4 Å². The van der Waals surface area contributed by atoms with Crippen LogP contribution < -0.4 is 9.47 Å². The molecule has 7 heteroatoms. The molecule has 1 aromatic heterocycles. The number of nitrogens with zero attached hydrogens (tertiary/aromatic N) is 2. The van der Waals surface area contributed by atoms with Gasteiger partial charge in [-0.2, -0.15) is 5.10 Å². The van der Waals surface area contributed by atoms with E-state index in [1.165, 1.54) is 5.56 Å². The number of H-pyrrole nitrogens is 1. The number of piperidine rings is 1. The average molecular weight is 371 g/mol. The van der Waals surface area contributed by atoms with Crippen molar-refractivity contribution in [2.24, 2.45) is 0 Å². The number of likely N-dealkylation sites (tertiary alicyclic amines) is 1. The molecule has 2 aliphatic heterocycles. The maximum absolute atomic E-state index is 12.9. The molecule has 1 spiro atoms. The van der Waals surface area contributed by atoms with Crippen molar-refractivity contribution in [3.05, 3.63) is 41.2 Å². The van der Waals surface area contributed by atoms with Gasteiger partial charge in [-0.1, -0.05) is 0 Å². The van der Waals surface area contributed by atoms with Gasteiger partial charge in [-0.25, -0.2) is 0 Å². The Hall–Kier alpha value is -2.54. The largest absolute Gasteiger partial charge is 0.497 e. The topological polar surface area (TPSA) is 76.7 Å². The number of amides is 1. The SMILES string of the molecule is COc1ccc(OC)c(CC(=O)N2CCC3(CC2)OCCc2cn[nH]c23)c1. The Labute approximate surface area is 158 Å². The summed E-state index contributed by atoms with van der Waals surface area (Å²) in [5.41, 5.74) is 2.85. The molecule has 0 saturated carbocycles. The molecule has 0 atom stereocenters. The second-order valence-corrected chi connectivity index (χ2v) is 7.10. The molecular weight excluding hydrogens is 346 g/mol. The number of benzene rings is 1. The molecule has 1 amide bonds. The van der Waals surface area contributed by atoms with Gasteiger partial charge in [0.15, 0.2) is 0 Å². The Morgan fingerprint density at radius 3 is 2.85 bits per heavy atom. The zero-order valence-corrected chi connectivity index (χ0v) is 15.8. The highest BCUT2D eigenvalue weighted by atomic mass is 16.5. The van der Waals surface area contributed by atoms with Gasteiger partial charge in [-0.3, -0.25) is 9.89 Å². The van der Waals surface area contributed by atoms with E-state index in [0.29, 0.717) is 31.9 Å². The predicted octanol–water partition coefficient (Wildman–Crippen LogP) is 2.06. The summed E-state index contributed by atoms with van der Waals surface area (Å²) in [7, 11) is 3.23. The third-order valence-electron chi connectivity index (χ3n) is 5.68. The van der Waals surface area contributed by atoms with Gasteiger partial charge >= 0.3 is 0 Å². The Morgan fingerprint density at radius 2 is 2.11 bits per heavy atom. The number of fused-ring (bicyclic) bond motifs is 2. The lowest BCUT2D eigenvalue weighted by Crippen LogP contribution is -2.48. The molecule has 1 aromatic carbocycles. The van der Waals surface area contributed by atoms with E-state index >= 15 is 0 Å². The summed E-state index contributed by atoms with van der Waals surface area (Å²) in [4.78, 5) is 14.8. The number of rotatable bonds is 4. The van der Waals surface area contributed by atoms with Crippen molar-refractivity contribution in [1.82, 2.24) is 15.1 Å². The first-order valence-corrected chi connectivity index (χ1v) is 9.30. The number of carbonyl (C=O) groups excluding carboxylic acids is 1. The summed E-state index contributed by atoms with van der Waals surface area (Å²) in [6, 6.07) is 5.53. The van der Waals surface area contributed by atoms with Crippen molar-refractivity contribution in [1.29, 1.82) is 0 Å². The number of aromatic nitrogens is 2. The fourth-order valence-electron chi connectivity index (χ4n) is 4.13. The van der Waals surface area contributed by atoms with E-state index in [9.17, 15) is 4.79 Å². The predicted molar refractivity (Wildman–Crippen MR) is 99.0 cm³/mol. The van der Waals surface area contributed by atoms with Gasteiger partial charge in [0.1, 0.15) is 17.1 Å². The minimum atomic E-state index is -0.325. The third-order valence-corrected chi connectivity index (χ3v) is 5.68. The van der Waals surface area contributed by atoms with Crippen LogP contribution in [0.3, 0.4) is 0 Å². The Kier molecular flexibility index (Phi) is 4.78. The Morgan fingerprint density at radius 1 is 1.30 bits per heavy atom. The van der Waals surface area contributed by atoms with Crippen LogP contribution in [0.25, 0.3) is 0 Å². The molecule has 1 N–H and O–H groups in total. The summed E-state index contributed by atoms with van der Waals surface area (Å²) in [5, 5.41) is 7.31. The van der Waals surface area contributed by atoms with Crippen LogP contribution in [0.1, 0.15) is 29.7 Å². The van der Waals surface area contributed by atoms with E-state index in [0.717, 1.165) is 36.3 Å². The van der Waals surface area contributed by atoms with Crippen LogP contribution in [0.4, 0.5) is 0 Å². The number of methoxy groups -OCH3 is 2. The van der Waals surface area contributed by atoms with Crippen LogP contribution in [-0.4, -0.2) is 54.9 Å². The lowest BCUT2D eigenvalue weighted by molar-refractivity contribution is -0.140. The van der Waals surface area contributed by atoms with E-state index in [4.69, 9.17) is 14.2 Å². The lowest BCUT2D eigenvalue weighted by atomic mass is 9.83. The van der Waals surface area contributed by atoms with Gasteiger partial charge in [0.05, 0.1) is 39.1 Å². The van der Waals surface area contributed by atoms with Gasteiger partial charge in [0.2, 0.25) is 5.91 Å². The molecule has 0 aliphatic carbocycles. The quantitative estimate of drug-likeness (QED) is 0.890. The minimum Gasteiger partial charge on any atom is -0.497 e. The van der Waals surface area contributed by atoms with Crippen molar-refractivity contribution in [3.63, 3.8) is 0 Å². The third kappa shape index (κ3) is 3.27. The normalized spacial score (nSPS) is 18.2. The first kappa shape index (κ1) is 17.9. The summed E-state index contributed by atoms with van der Waals surface area (Å²) in [6.45, 7) is 2.05. The van der Waals surface area contributed by atoms with E-state index in [1.54, 1.807) is 14.2 Å². The summed E-state index contributed by atoms with van der Waals surface area (Å²) >= 11 is 0. The standard InChI is InChI=1S/C20H25N3O4/c1-25-16-3-4-17(26-2)15(11-16)12-18(24)23-8-6-20(7-9-23)19-14(5-10-27-20)13-21-22-19/h3-4,11,13H,5-10,12H2,1-2H3,(H,21,22). The van der Waals surface area contributed by atoms with Crippen LogP contribution in [0.5, 0.6) is 11.5 Å². The number of hydrogen-bond donors (Lipinski definition) is 1. The molecule has 0 bridgehead atoms. The molecule has 1 fully saturated rings. The molecule has 2 aromatic rings. The highest BCUT2D eigenvalue weighted by Crippen LogP contribution is 2.40. The molecule has 144 valence electrons. The Balaban J connectivity index is 1.44. The van der Waals surface area contributed by atoms with Gasteiger partial charge in [-0.05, 0) is 43.0 Å². The minimum absolute atomic E-state index is 0.0945. The maximum atomic E-state index is 12.9. The average Bonchev–Trinajstić information content (AvgIpc) is 3.19. The lowest BCUT2D eigenvalue weighted by Gasteiger charge is -2.43. The number of hydrogen-bond acceptors (Lipinski definition) is 5. The number of carbonyl (C=O) groups is 1. The molecule has 7 nitrogen and oxygen atoms in total. The Bertz CT molecular complexity index is 824. The van der Waals surface area contributed by atoms with Crippen LogP contribution in [0, 0.1) is 0 Å². The maximum Gasteiger partial charge on any atom is 0.227 e. The van der Waals surface area contributed by atoms with Crippen LogP contribution in [-0.2, 0) is 28.0 Å². The molecule has 2 aliphatic rings. The molecule has 0 unspecified atom stereocenters. The number of ether oxygens (including phenoxy) is 3. The number of nitrogens with one attached hydrogen (secondary N) is 1. The molecular formula is C20H25N3O4. The molecule has 27 heavy (non-hydrogen) atoms. The van der Waals surface area contributed by atoms with E-state index < -0.39 is 0 Å². The van der Waals surface area contributed by atoms with Crippen LogP contribution >= 0.6 is 0 Å². The second-order valence-electron chi connectivity index (χ2n) is 7.10. The van der Waals surface area contributed by atoms with Crippen molar-refractivity contribution >= 4 is 5.91 Å². The molecule has 4 rings (SSSR count). The highest BCUT2D eigenvalue weighted by molar-refractivity contribution is 5.80. The number of aromatic amines is 1. The fourth-order valence-corrected chi connectivity index (χ4v) is 4.13. The van der Waals surface area contributed by atoms with Crippen molar-refractivity contribution < 1.29 is 19.0 Å². The summed E-state index contributed by atoms with van der Waals surface area (Å²) in [6.07, 6.45) is 4.65. The monoisotopic (exact) mass is 371 g/mol. The highest BCUT2D eigenvalue weighted by Gasteiger charge is 2.43. The first-order valence-electron chi connectivity index (χ1n) is 9.30. The molecule has 0 radical (unpaired) electrons. The molecule has 3 heterocycles. The first-order chi connectivity index (χ1) is 13.1. The zero-order valence-electron chi connectivity index (χ0n) is 15.8. The van der Waals surface area contributed by atoms with Crippen LogP contribution in [0.2, 0.25) is 0 Å². The summed E-state index contributed by atoms with van der Waals surface area (Å²) in [5.74, 6) is 1.52. The van der Waals surface area contributed by atoms with E-state index in [1.807, 2.05) is 29.3 Å². The second kappa shape index (κ2) is 7.23. The molecule has 1 saturated heterocycles. The van der Waals surface area contributed by atoms with E-state index in [-0.39, 0.29) is 11.5 Å². The fraction of sp³-hybridized carbons (Fsp3) is 0.500. The van der Waals surface area contributed by atoms with Gasteiger partial charge < -0.3 is 19.1 Å². The zero-order chi connectivity index (χ0) is 18.9.